The Hall–Kier alpha value is -7.36. The van der Waals surface area contributed by atoms with Crippen molar-refractivity contribution in [3.63, 3.8) is 0 Å². The lowest BCUT2D eigenvalue weighted by molar-refractivity contribution is -0.167. The fourth-order valence-electron chi connectivity index (χ4n) is 8.20. The highest BCUT2D eigenvalue weighted by Crippen LogP contribution is 2.41. The predicted molar refractivity (Wildman–Crippen MR) is 302 cm³/mol. The SMILES string of the molecule is CNC(O)C[C@@H]1NC(=O)c2csc(n2)-c2ccc(-c3nc(NC(=O)C(F)(F)F)cs3)nc2-c2csc(n2)-c2csc(n2)[C@H]([C@@H](OC(C)=O)c2ccccc2)NC(=O)CNC(=O)c2nc(sc2COC)[C@H](C(C)C)NC(=O)c2nc1sc2C. The van der Waals surface area contributed by atoms with Gasteiger partial charge in [0.05, 0.1) is 35.8 Å². The van der Waals surface area contributed by atoms with E-state index in [1.807, 2.05) is 13.8 Å². The fourth-order valence-corrected chi connectivity index (χ4v) is 13.7. The Kier molecular flexibility index (Phi) is 18.4. The standard InChI is InChI=1S/C51H48F3N13O9S6/c1-21(2)35-49-67-38(31(82-49)16-75-6)42(72)56-15-34(70)64-39(40(76-23(4)68)24-10-8-7-9-11-24)48-61-30(19-79-48)46-59-28(17-78-46)37-25(12-13-26(57-37)45-62-32(20-80-45)63-50(74)51(52,53)54)44-60-29(18-77-44)41(71)58-27(14-33(69)55-5)47-66-36(22(3)81-47)43(73)65-35/h7-13,17-21,27,33,35,39-40,55,69H,14-16H2,1-6H3,(H,56,72)(H,58,71)(H,63,74)(H,64,70)(H,65,73)/t27-,33?,35-,39-,40-/m0/s1. The summed E-state index contributed by atoms with van der Waals surface area (Å²) in [4.78, 5) is 115. The van der Waals surface area contributed by atoms with Crippen LogP contribution in [0.3, 0.4) is 0 Å². The molecule has 0 aliphatic carbocycles. The molecule has 10 bridgehead atoms. The first-order chi connectivity index (χ1) is 39.2. The summed E-state index contributed by atoms with van der Waals surface area (Å²) in [6.07, 6.45) is -7.48. The zero-order chi connectivity index (χ0) is 58.6. The van der Waals surface area contributed by atoms with Gasteiger partial charge in [0, 0.05) is 52.4 Å². The van der Waals surface area contributed by atoms with Crippen LogP contribution in [0.25, 0.3) is 43.4 Å². The van der Waals surface area contributed by atoms with E-state index in [-0.39, 0.29) is 68.9 Å². The summed E-state index contributed by atoms with van der Waals surface area (Å²) in [5, 5.41) is 34.8. The summed E-state index contributed by atoms with van der Waals surface area (Å²) in [7, 11) is 2.98. The van der Waals surface area contributed by atoms with Gasteiger partial charge in [0.25, 0.3) is 17.7 Å². The number of fused-ring (bicyclic) bond motifs is 14. The summed E-state index contributed by atoms with van der Waals surface area (Å²) in [6.45, 7) is 6.05. The summed E-state index contributed by atoms with van der Waals surface area (Å²) in [5.74, 6) is -6.11. The van der Waals surface area contributed by atoms with Gasteiger partial charge in [-0.25, -0.2) is 34.9 Å². The number of alkyl halides is 3. The van der Waals surface area contributed by atoms with Gasteiger partial charge in [-0.05, 0) is 37.6 Å². The molecule has 5 atom stereocenters. The van der Waals surface area contributed by atoms with Gasteiger partial charge in [-0.2, -0.15) is 13.2 Å². The number of benzene rings is 1. The molecule has 1 aromatic carbocycles. The number of ether oxygens (including phenoxy) is 2. The number of anilines is 1. The van der Waals surface area contributed by atoms with Crippen LogP contribution in [0.15, 0.2) is 64.0 Å². The van der Waals surface area contributed by atoms with Crippen molar-refractivity contribution in [1.29, 1.82) is 0 Å². The molecule has 7 aromatic heterocycles. The summed E-state index contributed by atoms with van der Waals surface area (Å²) < 4.78 is 50.9. The number of pyridine rings is 1. The quantitative estimate of drug-likeness (QED) is 0.0474. The molecular weight excluding hydrogens is 1190 g/mol. The van der Waals surface area contributed by atoms with Crippen LogP contribution in [-0.2, 0) is 30.5 Å². The van der Waals surface area contributed by atoms with E-state index in [2.05, 4.69) is 41.5 Å². The number of hydrogen-bond donors (Lipinski definition) is 7. The number of halogens is 3. The Morgan fingerprint density at radius 2 is 1.43 bits per heavy atom. The van der Waals surface area contributed by atoms with Gasteiger partial charge < -0.3 is 41.2 Å². The molecule has 0 saturated carbocycles. The van der Waals surface area contributed by atoms with Gasteiger partial charge >= 0.3 is 18.1 Å². The number of nitrogens with zero attached hydrogens (tertiary/aromatic N) is 7. The molecule has 8 aromatic rings. The number of methoxy groups -OCH3 is 1. The van der Waals surface area contributed by atoms with E-state index in [1.54, 1.807) is 65.5 Å². The number of rotatable bonds is 11. The van der Waals surface area contributed by atoms with Crippen molar-refractivity contribution in [2.24, 2.45) is 5.92 Å². The summed E-state index contributed by atoms with van der Waals surface area (Å²) in [5.41, 5.74) is 1.91. The largest absolute Gasteiger partial charge is 0.471 e. The first kappa shape index (κ1) is 59.3. The zero-order valence-corrected chi connectivity index (χ0v) is 48.8. The van der Waals surface area contributed by atoms with Crippen molar-refractivity contribution in [3.05, 3.63) is 111 Å². The Labute approximate surface area is 488 Å². The molecule has 1 aliphatic rings. The molecule has 82 heavy (non-hydrogen) atoms. The number of esters is 1. The number of aryl methyl sites for hydroxylation is 1. The van der Waals surface area contributed by atoms with Crippen LogP contribution in [0, 0.1) is 12.8 Å². The molecular formula is C51H48F3N13O9S6. The van der Waals surface area contributed by atoms with Crippen LogP contribution in [0.1, 0.15) is 113 Å². The molecule has 5 amide bonds. The molecule has 22 nitrogen and oxygen atoms in total. The minimum atomic E-state index is -5.16. The molecule has 8 heterocycles. The lowest BCUT2D eigenvalue weighted by Crippen LogP contribution is -2.41. The first-order valence-electron chi connectivity index (χ1n) is 24.6. The second-order valence-electron chi connectivity index (χ2n) is 18.4. The van der Waals surface area contributed by atoms with Crippen LogP contribution in [-0.4, -0.2) is 109 Å². The van der Waals surface area contributed by atoms with E-state index in [1.165, 1.54) is 43.2 Å². The van der Waals surface area contributed by atoms with E-state index < -0.39 is 78.7 Å². The van der Waals surface area contributed by atoms with Crippen LogP contribution in [0.2, 0.25) is 0 Å². The van der Waals surface area contributed by atoms with Crippen molar-refractivity contribution in [1.82, 2.24) is 61.5 Å². The summed E-state index contributed by atoms with van der Waals surface area (Å²) >= 11 is 6.61. The number of nitrogens with one attached hydrogen (secondary N) is 6. The number of amides is 5. The second-order valence-corrected chi connectivity index (χ2v) is 24.2. The molecule has 428 valence electrons. The molecule has 31 heteroatoms. The van der Waals surface area contributed by atoms with Crippen molar-refractivity contribution >= 4 is 109 Å². The van der Waals surface area contributed by atoms with Crippen molar-refractivity contribution in [2.45, 2.75) is 77.4 Å². The third-order valence-electron chi connectivity index (χ3n) is 12.1. The molecule has 9 rings (SSSR count). The van der Waals surface area contributed by atoms with Gasteiger partial charge in [-0.1, -0.05) is 44.2 Å². The van der Waals surface area contributed by atoms with E-state index in [0.717, 1.165) is 56.7 Å². The van der Waals surface area contributed by atoms with Crippen molar-refractivity contribution in [3.8, 4) is 43.4 Å². The van der Waals surface area contributed by atoms with E-state index in [4.69, 9.17) is 29.4 Å². The number of thiazole rings is 6. The van der Waals surface area contributed by atoms with Gasteiger partial charge in [0.1, 0.15) is 82.3 Å². The third kappa shape index (κ3) is 13.6. The molecule has 1 aliphatic heterocycles. The number of aliphatic hydroxyl groups excluding tert-OH is 1. The third-order valence-corrected chi connectivity index (χ3v) is 17.9. The Balaban J connectivity index is 1.15. The zero-order valence-electron chi connectivity index (χ0n) is 43.9. The van der Waals surface area contributed by atoms with Crippen LogP contribution in [0.4, 0.5) is 19.0 Å². The molecule has 7 N–H and O–H groups in total. The highest BCUT2D eigenvalue weighted by atomic mass is 32.1. The first-order valence-corrected chi connectivity index (χ1v) is 29.8. The maximum atomic E-state index is 14.3. The average molecular weight is 1240 g/mol. The lowest BCUT2D eigenvalue weighted by atomic mass is 10.0. The van der Waals surface area contributed by atoms with Crippen molar-refractivity contribution in [2.75, 3.05) is 26.0 Å². The number of aromatic nitrogens is 7. The predicted octanol–water partition coefficient (Wildman–Crippen LogP) is 8.18. The number of aliphatic hydroxyl groups is 1. The highest BCUT2D eigenvalue weighted by molar-refractivity contribution is 7.15. The van der Waals surface area contributed by atoms with Crippen molar-refractivity contribution < 1.29 is 56.5 Å². The molecule has 0 spiro atoms. The van der Waals surface area contributed by atoms with Gasteiger partial charge in [-0.15, -0.1) is 68.0 Å². The minimum Gasteiger partial charge on any atom is -0.455 e. The van der Waals surface area contributed by atoms with E-state index >= 15 is 0 Å². The van der Waals surface area contributed by atoms with Gasteiger partial charge in [0.15, 0.2) is 6.10 Å². The topological polar surface area (TPSA) is 304 Å². The Bertz CT molecular complexity index is 3670. The highest BCUT2D eigenvalue weighted by Gasteiger charge is 2.39. The monoisotopic (exact) mass is 1240 g/mol. The molecule has 1 unspecified atom stereocenters. The Morgan fingerprint density at radius 3 is 2.15 bits per heavy atom. The van der Waals surface area contributed by atoms with Gasteiger partial charge in [0.2, 0.25) is 5.91 Å². The molecule has 0 radical (unpaired) electrons. The van der Waals surface area contributed by atoms with Crippen LogP contribution < -0.4 is 31.9 Å². The Morgan fingerprint density at radius 1 is 0.732 bits per heavy atom. The van der Waals surface area contributed by atoms with Crippen LogP contribution >= 0.6 is 68.0 Å². The molecule has 0 fully saturated rings. The van der Waals surface area contributed by atoms with Gasteiger partial charge in [-0.3, -0.25) is 34.1 Å². The maximum absolute atomic E-state index is 14.3. The number of hydrogen-bond acceptors (Lipinski definition) is 23. The normalized spacial score (nSPS) is 17.0. The minimum absolute atomic E-state index is 0.0264. The second kappa shape index (κ2) is 25.4. The maximum Gasteiger partial charge on any atom is 0.471 e. The van der Waals surface area contributed by atoms with E-state index in [9.17, 15) is 47.0 Å². The van der Waals surface area contributed by atoms with Crippen LogP contribution in [0.5, 0.6) is 0 Å². The number of carbonyl (C=O) groups is 6. The smallest absolute Gasteiger partial charge is 0.455 e. The lowest BCUT2D eigenvalue weighted by Gasteiger charge is -2.26. The average Bonchev–Trinajstić information content (AvgIpc) is 4.33. The molecule has 0 saturated heterocycles. The van der Waals surface area contributed by atoms with E-state index in [0.29, 0.717) is 46.6 Å². The number of carbonyl (C=O) groups excluding carboxylic acids is 6. The summed E-state index contributed by atoms with van der Waals surface area (Å²) in [6, 6.07) is 9.06. The fraction of sp³-hybridized carbons (Fsp3) is 0.314.